The van der Waals surface area contributed by atoms with E-state index >= 15 is 0 Å². The molecule has 0 heterocycles. The van der Waals surface area contributed by atoms with E-state index in [1.807, 2.05) is 30.3 Å². The van der Waals surface area contributed by atoms with Crippen molar-refractivity contribution in [3.8, 4) is 28.4 Å². The number of carbonyl (C=O) groups excluding carboxylic acids is 1. The maximum Gasteiger partial charge on any atom is 0.167 e. The monoisotopic (exact) mass is 272 g/mol. The minimum absolute atomic E-state index is 0.147. The normalized spacial score (nSPS) is 10.2. The molecule has 0 aliphatic heterocycles. The van der Waals surface area contributed by atoms with E-state index in [0.717, 1.165) is 5.56 Å². The summed E-state index contributed by atoms with van der Waals surface area (Å²) in [5.41, 5.74) is 1.66. The number of phenolic OH excluding ortho intramolecular Hbond substituents is 1. The Balaban J connectivity index is 2.83. The molecule has 0 bridgehead atoms. The third kappa shape index (κ3) is 2.32. The Hall–Kier alpha value is -2.49. The molecule has 0 amide bonds. The fourth-order valence-corrected chi connectivity index (χ4v) is 2.21. The Morgan fingerprint density at radius 1 is 1.10 bits per heavy atom. The van der Waals surface area contributed by atoms with Crippen molar-refractivity contribution in [2.75, 3.05) is 14.2 Å². The molecule has 1 N–H and O–H groups in total. The molecule has 2 aromatic rings. The molecule has 4 heteroatoms. The second-order valence-electron chi connectivity index (χ2n) is 4.30. The predicted octanol–water partition coefficient (Wildman–Crippen LogP) is 3.28. The SMILES string of the molecule is COc1cc(O)c(C(C)=O)c(OC)c1-c1ccccc1. The standard InChI is InChI=1S/C16H16O4/c1-10(17)14-12(18)9-13(19-2)15(16(14)20-3)11-7-5-4-6-8-11/h4-9,18H,1-3H3. The van der Waals surface area contributed by atoms with Gasteiger partial charge in [0.15, 0.2) is 5.78 Å². The van der Waals surface area contributed by atoms with Crippen molar-refractivity contribution in [3.63, 3.8) is 0 Å². The summed E-state index contributed by atoms with van der Waals surface area (Å²) in [6.07, 6.45) is 0. The van der Waals surface area contributed by atoms with Crippen molar-refractivity contribution in [1.82, 2.24) is 0 Å². The van der Waals surface area contributed by atoms with E-state index in [-0.39, 0.29) is 17.1 Å². The first-order valence-electron chi connectivity index (χ1n) is 6.14. The van der Waals surface area contributed by atoms with E-state index in [1.165, 1.54) is 27.2 Å². The first-order valence-corrected chi connectivity index (χ1v) is 6.14. The summed E-state index contributed by atoms with van der Waals surface area (Å²) in [6.45, 7) is 1.39. The highest BCUT2D eigenvalue weighted by Gasteiger charge is 2.23. The van der Waals surface area contributed by atoms with Gasteiger partial charge in [0.25, 0.3) is 0 Å². The summed E-state index contributed by atoms with van der Waals surface area (Å²) >= 11 is 0. The molecule has 0 radical (unpaired) electrons. The zero-order valence-corrected chi connectivity index (χ0v) is 11.6. The van der Waals surface area contributed by atoms with Crippen LogP contribution in [-0.4, -0.2) is 25.1 Å². The van der Waals surface area contributed by atoms with Crippen molar-refractivity contribution < 1.29 is 19.4 Å². The van der Waals surface area contributed by atoms with Crippen LogP contribution in [-0.2, 0) is 0 Å². The number of ketones is 1. The van der Waals surface area contributed by atoms with Gasteiger partial charge in [-0.05, 0) is 12.5 Å². The Bertz CT molecular complexity index is 633. The number of rotatable bonds is 4. The predicted molar refractivity (Wildman–Crippen MR) is 76.7 cm³/mol. The lowest BCUT2D eigenvalue weighted by Crippen LogP contribution is -2.02. The summed E-state index contributed by atoms with van der Waals surface area (Å²) < 4.78 is 10.7. The Morgan fingerprint density at radius 2 is 1.75 bits per heavy atom. The number of Topliss-reactive ketones (excluding diaryl/α,β-unsaturated/α-hetero) is 1. The largest absolute Gasteiger partial charge is 0.507 e. The smallest absolute Gasteiger partial charge is 0.167 e. The molecule has 0 aliphatic rings. The van der Waals surface area contributed by atoms with Gasteiger partial charge in [-0.2, -0.15) is 0 Å². The van der Waals surface area contributed by atoms with Gasteiger partial charge in [0, 0.05) is 6.07 Å². The number of hydrogen-bond acceptors (Lipinski definition) is 4. The average Bonchev–Trinajstić information content (AvgIpc) is 2.46. The number of aromatic hydroxyl groups is 1. The van der Waals surface area contributed by atoms with Crippen LogP contribution in [0, 0.1) is 0 Å². The summed E-state index contributed by atoms with van der Waals surface area (Å²) in [4.78, 5) is 11.7. The van der Waals surface area contributed by atoms with Crippen molar-refractivity contribution >= 4 is 5.78 Å². The molecule has 0 aliphatic carbocycles. The van der Waals surface area contributed by atoms with Crippen LogP contribution in [0.5, 0.6) is 17.2 Å². The summed E-state index contributed by atoms with van der Waals surface area (Å²) in [7, 11) is 2.97. The summed E-state index contributed by atoms with van der Waals surface area (Å²) in [5, 5.41) is 10.00. The minimum atomic E-state index is -0.265. The second kappa shape index (κ2) is 5.65. The van der Waals surface area contributed by atoms with E-state index in [2.05, 4.69) is 0 Å². The number of ether oxygens (including phenoxy) is 2. The van der Waals surface area contributed by atoms with Crippen molar-refractivity contribution in [1.29, 1.82) is 0 Å². The molecular formula is C16H16O4. The fraction of sp³-hybridized carbons (Fsp3) is 0.188. The maximum absolute atomic E-state index is 11.7. The van der Waals surface area contributed by atoms with Crippen LogP contribution in [0.25, 0.3) is 11.1 Å². The van der Waals surface area contributed by atoms with Gasteiger partial charge in [-0.25, -0.2) is 0 Å². The highest BCUT2D eigenvalue weighted by Crippen LogP contribution is 2.45. The van der Waals surface area contributed by atoms with Crippen LogP contribution in [0.1, 0.15) is 17.3 Å². The van der Waals surface area contributed by atoms with Gasteiger partial charge in [-0.15, -0.1) is 0 Å². The number of benzene rings is 2. The lowest BCUT2D eigenvalue weighted by molar-refractivity contribution is 0.101. The lowest BCUT2D eigenvalue weighted by atomic mass is 9.97. The molecule has 104 valence electrons. The van der Waals surface area contributed by atoms with E-state index in [4.69, 9.17) is 9.47 Å². The minimum Gasteiger partial charge on any atom is -0.507 e. The zero-order valence-electron chi connectivity index (χ0n) is 11.6. The molecule has 4 nitrogen and oxygen atoms in total. The highest BCUT2D eigenvalue weighted by molar-refractivity contribution is 6.03. The van der Waals surface area contributed by atoms with Gasteiger partial charge in [-0.1, -0.05) is 30.3 Å². The van der Waals surface area contributed by atoms with Gasteiger partial charge in [0.2, 0.25) is 0 Å². The number of hydrogen-bond donors (Lipinski definition) is 1. The summed E-state index contributed by atoms with van der Waals surface area (Å²) in [5.74, 6) is 0.362. The molecule has 0 spiro atoms. The molecule has 0 saturated carbocycles. The van der Waals surface area contributed by atoms with E-state index in [1.54, 1.807) is 0 Å². The van der Waals surface area contributed by atoms with Crippen molar-refractivity contribution in [3.05, 3.63) is 42.0 Å². The number of phenols is 1. The molecule has 0 fully saturated rings. The Labute approximate surface area is 117 Å². The second-order valence-corrected chi connectivity index (χ2v) is 4.30. The molecule has 20 heavy (non-hydrogen) atoms. The van der Waals surface area contributed by atoms with E-state index in [0.29, 0.717) is 17.1 Å². The van der Waals surface area contributed by atoms with Gasteiger partial charge in [0.1, 0.15) is 22.8 Å². The van der Waals surface area contributed by atoms with Crippen molar-refractivity contribution in [2.24, 2.45) is 0 Å². The molecule has 0 aromatic heterocycles. The molecule has 0 atom stereocenters. The van der Waals surface area contributed by atoms with Crippen molar-refractivity contribution in [2.45, 2.75) is 6.92 Å². The number of methoxy groups -OCH3 is 2. The maximum atomic E-state index is 11.7. The molecular weight excluding hydrogens is 256 g/mol. The molecule has 2 aromatic carbocycles. The fourth-order valence-electron chi connectivity index (χ4n) is 2.21. The first kappa shape index (κ1) is 13.9. The van der Waals surface area contributed by atoms with Gasteiger partial charge in [0.05, 0.1) is 19.8 Å². The number of carbonyl (C=O) groups is 1. The van der Waals surface area contributed by atoms with Crippen LogP contribution >= 0.6 is 0 Å². The topological polar surface area (TPSA) is 55.8 Å². The molecule has 2 rings (SSSR count). The van der Waals surface area contributed by atoms with Crippen LogP contribution < -0.4 is 9.47 Å². The van der Waals surface area contributed by atoms with Gasteiger partial charge >= 0.3 is 0 Å². The van der Waals surface area contributed by atoms with Gasteiger partial charge in [-0.3, -0.25) is 4.79 Å². The lowest BCUT2D eigenvalue weighted by Gasteiger charge is -2.17. The third-order valence-corrected chi connectivity index (χ3v) is 3.06. The zero-order chi connectivity index (χ0) is 14.7. The first-order chi connectivity index (χ1) is 9.60. The van der Waals surface area contributed by atoms with Crippen LogP contribution in [0.3, 0.4) is 0 Å². The highest BCUT2D eigenvalue weighted by atomic mass is 16.5. The van der Waals surface area contributed by atoms with E-state index in [9.17, 15) is 9.90 Å². The quantitative estimate of drug-likeness (QED) is 0.868. The van der Waals surface area contributed by atoms with Gasteiger partial charge < -0.3 is 14.6 Å². The third-order valence-electron chi connectivity index (χ3n) is 3.06. The summed E-state index contributed by atoms with van der Waals surface area (Å²) in [6, 6.07) is 10.9. The average molecular weight is 272 g/mol. The van der Waals surface area contributed by atoms with Crippen LogP contribution in [0.15, 0.2) is 36.4 Å². The molecule has 0 unspecified atom stereocenters. The molecule has 0 saturated heterocycles. The van der Waals surface area contributed by atoms with E-state index < -0.39 is 0 Å². The van der Waals surface area contributed by atoms with Crippen LogP contribution in [0.4, 0.5) is 0 Å². The Morgan fingerprint density at radius 3 is 2.25 bits per heavy atom. The Kier molecular flexibility index (Phi) is 3.94. The van der Waals surface area contributed by atoms with Crippen LogP contribution in [0.2, 0.25) is 0 Å².